The van der Waals surface area contributed by atoms with E-state index in [2.05, 4.69) is 10.3 Å². The fraction of sp³-hybridized carbons (Fsp3) is 0.294. The number of hydrogen-bond donors (Lipinski definition) is 2. The van der Waals surface area contributed by atoms with Crippen LogP contribution in [0.4, 0.5) is 11.4 Å². The number of aromatic nitrogens is 1. The summed E-state index contributed by atoms with van der Waals surface area (Å²) in [7, 11) is 1.58. The smallest absolute Gasteiger partial charge is 0.305 e. The van der Waals surface area contributed by atoms with Crippen LogP contribution in [0.5, 0.6) is 11.5 Å². The van der Waals surface area contributed by atoms with Crippen LogP contribution < -0.4 is 24.6 Å². The molecule has 2 aliphatic carbocycles. The minimum Gasteiger partial charge on any atom is -0.497 e. The average Bonchev–Trinajstić information content (AvgIpc) is 3.80. The van der Waals surface area contributed by atoms with Crippen LogP contribution >= 0.6 is 34.7 Å². The van der Waals surface area contributed by atoms with E-state index in [1.165, 1.54) is 16.2 Å². The zero-order valence-corrected chi connectivity index (χ0v) is 26.9. The van der Waals surface area contributed by atoms with E-state index < -0.39 is 11.8 Å². The molecule has 4 unspecified atom stereocenters. The first-order chi connectivity index (χ1) is 22.3. The normalized spacial score (nSPS) is 27.3. The molecule has 3 heterocycles. The number of nitrogens with one attached hydrogen (secondary N) is 2. The summed E-state index contributed by atoms with van der Waals surface area (Å²) < 4.78 is 11.3. The maximum absolute atomic E-state index is 14.0. The van der Waals surface area contributed by atoms with Gasteiger partial charge in [0.25, 0.3) is 5.91 Å². The number of aromatic amines is 1. The standard InChI is InChI=1S/C34H28ClN3O6S2/c1-43-19-12-8-17(9-13-19)36-24(39)15-44-23-5-3-2-4-20(23)25-26-21-14-22(29(26)45-31-30(25)46-34(42)37-31)28-27(21)32(40)38(33(28)41)18-10-6-16(35)7-11-18/h2-13,21-22,25-29H,14-15H2,1H3,(H,36,39)(H,37,42)/t21-,22-,25-,26?,27?,28?,29?/m1/s1. The van der Waals surface area contributed by atoms with Crippen molar-refractivity contribution >= 4 is 63.8 Å². The van der Waals surface area contributed by atoms with Gasteiger partial charge in [0.05, 0.1) is 29.7 Å². The molecule has 0 spiro atoms. The fourth-order valence-corrected chi connectivity index (χ4v) is 11.1. The van der Waals surface area contributed by atoms with Gasteiger partial charge in [0.15, 0.2) is 6.61 Å². The van der Waals surface area contributed by atoms with Crippen LogP contribution in [-0.2, 0) is 14.4 Å². The Balaban J connectivity index is 1.10. The third-order valence-corrected chi connectivity index (χ3v) is 12.6. The van der Waals surface area contributed by atoms with Crippen molar-refractivity contribution < 1.29 is 23.9 Å². The number of anilines is 2. The predicted octanol–water partition coefficient (Wildman–Crippen LogP) is 5.79. The highest BCUT2D eigenvalue weighted by atomic mass is 35.5. The van der Waals surface area contributed by atoms with Crippen LogP contribution in [0.15, 0.2) is 82.6 Å². The number of halogens is 1. The van der Waals surface area contributed by atoms with Gasteiger partial charge >= 0.3 is 4.87 Å². The first-order valence-electron chi connectivity index (χ1n) is 15.0. The SMILES string of the molecule is COc1ccc(NC(=O)COc2ccccc2[C@H]2c3sc(=O)[nH]c3SC3C2[C@H]2C[C@@H]3C3C(=O)N(c4ccc(Cl)cc4)C(=O)C32)cc1. The second kappa shape index (κ2) is 11.3. The number of thioether (sulfide) groups is 1. The van der Waals surface area contributed by atoms with Gasteiger partial charge in [-0.1, -0.05) is 41.1 Å². The van der Waals surface area contributed by atoms with Crippen molar-refractivity contribution in [3.8, 4) is 11.5 Å². The molecule has 12 heteroatoms. The summed E-state index contributed by atoms with van der Waals surface area (Å²) in [5.74, 6) is -0.549. The molecule has 1 saturated heterocycles. The Labute approximate surface area is 277 Å². The molecule has 4 aliphatic rings. The molecular formula is C34H28ClN3O6S2. The van der Waals surface area contributed by atoms with Crippen LogP contribution in [0.2, 0.25) is 5.02 Å². The number of amides is 3. The van der Waals surface area contributed by atoms with Gasteiger partial charge in [0, 0.05) is 32.3 Å². The van der Waals surface area contributed by atoms with Gasteiger partial charge in [-0.25, -0.2) is 0 Å². The molecule has 4 aromatic rings. The average molecular weight is 674 g/mol. The summed E-state index contributed by atoms with van der Waals surface area (Å²) in [5.41, 5.74) is 2.02. The van der Waals surface area contributed by atoms with E-state index in [1.54, 1.807) is 67.4 Å². The maximum atomic E-state index is 14.0. The molecule has 234 valence electrons. The zero-order chi connectivity index (χ0) is 31.7. The summed E-state index contributed by atoms with van der Waals surface area (Å²) in [6.45, 7) is -0.214. The van der Waals surface area contributed by atoms with Crippen molar-refractivity contribution in [3.63, 3.8) is 0 Å². The molecule has 3 fully saturated rings. The highest BCUT2D eigenvalue weighted by molar-refractivity contribution is 8.00. The summed E-state index contributed by atoms with van der Waals surface area (Å²) in [5, 5.41) is 4.22. The summed E-state index contributed by atoms with van der Waals surface area (Å²) in [6.07, 6.45) is 0.770. The number of para-hydroxylation sites is 1. The van der Waals surface area contributed by atoms with E-state index in [-0.39, 0.29) is 58.1 Å². The van der Waals surface area contributed by atoms with Gasteiger partial charge in [-0.3, -0.25) is 24.1 Å². The lowest BCUT2D eigenvalue weighted by molar-refractivity contribution is -0.123. The van der Waals surface area contributed by atoms with E-state index in [0.717, 1.165) is 21.9 Å². The number of H-pyrrole nitrogens is 1. The number of carbonyl (C=O) groups excluding carboxylic acids is 3. The van der Waals surface area contributed by atoms with E-state index in [4.69, 9.17) is 21.1 Å². The molecule has 2 aliphatic heterocycles. The molecule has 46 heavy (non-hydrogen) atoms. The van der Waals surface area contributed by atoms with E-state index in [1.807, 2.05) is 24.3 Å². The number of fused-ring (bicyclic) bond motifs is 9. The maximum Gasteiger partial charge on any atom is 0.305 e. The van der Waals surface area contributed by atoms with E-state index in [0.29, 0.717) is 27.9 Å². The predicted molar refractivity (Wildman–Crippen MR) is 176 cm³/mol. The fourth-order valence-electron chi connectivity index (χ4n) is 8.09. The highest BCUT2D eigenvalue weighted by Gasteiger charge is 2.69. The molecule has 8 rings (SSSR count). The first-order valence-corrected chi connectivity index (χ1v) is 17.1. The monoisotopic (exact) mass is 673 g/mol. The first kappa shape index (κ1) is 29.3. The number of thiazole rings is 1. The molecule has 3 aromatic carbocycles. The minimum absolute atomic E-state index is 0.00464. The molecule has 0 radical (unpaired) electrons. The Kier molecular flexibility index (Phi) is 7.23. The second-order valence-electron chi connectivity index (χ2n) is 12.1. The van der Waals surface area contributed by atoms with Gasteiger partial charge in [-0.05, 0) is 78.8 Å². The largest absolute Gasteiger partial charge is 0.497 e. The number of carbonyl (C=O) groups is 3. The molecule has 2 bridgehead atoms. The van der Waals surface area contributed by atoms with Gasteiger partial charge in [0.1, 0.15) is 11.5 Å². The number of rotatable bonds is 7. The van der Waals surface area contributed by atoms with Gasteiger partial charge in [0.2, 0.25) is 11.8 Å². The molecule has 7 atom stereocenters. The molecule has 9 nitrogen and oxygen atoms in total. The molecule has 3 amide bonds. The van der Waals surface area contributed by atoms with Gasteiger partial charge in [-0.15, -0.1) is 11.8 Å². The van der Waals surface area contributed by atoms with Crippen molar-refractivity contribution in [1.82, 2.24) is 4.98 Å². The van der Waals surface area contributed by atoms with Crippen LogP contribution in [0.25, 0.3) is 0 Å². The lowest BCUT2D eigenvalue weighted by Gasteiger charge is -2.43. The number of benzene rings is 3. The number of imide groups is 1. The third kappa shape index (κ3) is 4.66. The van der Waals surface area contributed by atoms with Crippen LogP contribution in [-0.4, -0.2) is 41.7 Å². The number of hydrogen-bond acceptors (Lipinski definition) is 8. The minimum atomic E-state index is -0.432. The molecule has 1 aromatic heterocycles. The Bertz CT molecular complexity index is 1930. The molecule has 2 saturated carbocycles. The topological polar surface area (TPSA) is 118 Å². The van der Waals surface area contributed by atoms with Gasteiger partial charge < -0.3 is 19.8 Å². The van der Waals surface area contributed by atoms with Crippen molar-refractivity contribution in [3.05, 3.63) is 97.9 Å². The van der Waals surface area contributed by atoms with Crippen molar-refractivity contribution in [2.24, 2.45) is 29.6 Å². The molecular weight excluding hydrogens is 646 g/mol. The van der Waals surface area contributed by atoms with Crippen molar-refractivity contribution in [2.75, 3.05) is 23.9 Å². The number of nitrogens with zero attached hydrogens (tertiary/aromatic N) is 1. The Morgan fingerprint density at radius 1 is 0.978 bits per heavy atom. The Hall–Kier alpha value is -4.06. The number of ether oxygens (including phenoxy) is 2. The Morgan fingerprint density at radius 3 is 2.43 bits per heavy atom. The lowest BCUT2D eigenvalue weighted by Crippen LogP contribution is -2.42. The van der Waals surface area contributed by atoms with Crippen LogP contribution in [0.3, 0.4) is 0 Å². The van der Waals surface area contributed by atoms with Crippen molar-refractivity contribution in [1.29, 1.82) is 0 Å². The summed E-state index contributed by atoms with van der Waals surface area (Å²) >= 11 is 8.90. The van der Waals surface area contributed by atoms with Crippen LogP contribution in [0.1, 0.15) is 22.8 Å². The second-order valence-corrected chi connectivity index (χ2v) is 14.7. The summed E-state index contributed by atoms with van der Waals surface area (Å²) in [4.78, 5) is 58.6. The zero-order valence-electron chi connectivity index (χ0n) is 24.5. The lowest BCUT2D eigenvalue weighted by atomic mass is 9.68. The van der Waals surface area contributed by atoms with E-state index >= 15 is 0 Å². The van der Waals surface area contributed by atoms with Crippen LogP contribution in [0, 0.1) is 29.6 Å². The quantitative estimate of drug-likeness (QED) is 0.238. The third-order valence-electron chi connectivity index (χ3n) is 9.80. The number of methoxy groups -OCH3 is 1. The van der Waals surface area contributed by atoms with Gasteiger partial charge in [-0.2, -0.15) is 0 Å². The Morgan fingerprint density at radius 2 is 1.70 bits per heavy atom. The summed E-state index contributed by atoms with van der Waals surface area (Å²) in [6, 6.07) is 21.4. The highest BCUT2D eigenvalue weighted by Crippen LogP contribution is 2.69. The van der Waals surface area contributed by atoms with E-state index in [9.17, 15) is 19.2 Å². The molecule has 2 N–H and O–H groups in total. The van der Waals surface area contributed by atoms with Crippen molar-refractivity contribution in [2.45, 2.75) is 22.6 Å².